The maximum Gasteiger partial charge on any atom is 0.273 e. The number of hydrogen-bond donors (Lipinski definition) is 0. The van der Waals surface area contributed by atoms with Gasteiger partial charge in [0.2, 0.25) is 0 Å². The van der Waals surface area contributed by atoms with Gasteiger partial charge in [-0.25, -0.2) is 4.98 Å². The molecule has 4 rings (SSSR count). The van der Waals surface area contributed by atoms with Crippen LogP contribution in [0, 0.1) is 0 Å². The van der Waals surface area contributed by atoms with Gasteiger partial charge in [0.15, 0.2) is 0 Å². The summed E-state index contributed by atoms with van der Waals surface area (Å²) in [5.41, 5.74) is 1.50. The summed E-state index contributed by atoms with van der Waals surface area (Å²) < 4.78 is 5.91. The van der Waals surface area contributed by atoms with Crippen LogP contribution in [0.2, 0.25) is 5.02 Å². The highest BCUT2D eigenvalue weighted by molar-refractivity contribution is 7.13. The van der Waals surface area contributed by atoms with Crippen LogP contribution in [0.1, 0.15) is 16.9 Å². The molecular weight excluding hydrogens is 370 g/mol. The van der Waals surface area contributed by atoms with E-state index in [-0.39, 0.29) is 12.0 Å². The molecular formula is C19H16ClN3O2S. The molecule has 1 fully saturated rings. The molecule has 3 heterocycles. The van der Waals surface area contributed by atoms with Gasteiger partial charge in [0.1, 0.15) is 27.6 Å². The lowest BCUT2D eigenvalue weighted by Gasteiger charge is -2.16. The molecule has 0 bridgehead atoms. The fourth-order valence-corrected chi connectivity index (χ4v) is 3.86. The molecule has 0 aliphatic carbocycles. The van der Waals surface area contributed by atoms with Crippen LogP contribution in [0.4, 0.5) is 0 Å². The lowest BCUT2D eigenvalue weighted by molar-refractivity contribution is 0.0767. The van der Waals surface area contributed by atoms with E-state index in [0.717, 1.165) is 17.0 Å². The van der Waals surface area contributed by atoms with Crippen LogP contribution in [0.3, 0.4) is 0 Å². The van der Waals surface area contributed by atoms with Gasteiger partial charge in [-0.15, -0.1) is 11.3 Å². The van der Waals surface area contributed by atoms with Crippen molar-refractivity contribution in [1.29, 1.82) is 0 Å². The second kappa shape index (κ2) is 7.43. The summed E-state index contributed by atoms with van der Waals surface area (Å²) in [4.78, 5) is 23.0. The summed E-state index contributed by atoms with van der Waals surface area (Å²) in [6, 6.07) is 11.6. The van der Waals surface area contributed by atoms with Crippen LogP contribution < -0.4 is 4.74 Å². The Morgan fingerprint density at radius 2 is 2.12 bits per heavy atom. The fourth-order valence-electron chi connectivity index (χ4n) is 2.89. The van der Waals surface area contributed by atoms with Crippen molar-refractivity contribution >= 4 is 28.8 Å². The number of likely N-dealkylation sites (tertiary alicyclic amines) is 1. The maximum atomic E-state index is 12.7. The molecule has 2 aromatic heterocycles. The monoisotopic (exact) mass is 385 g/mol. The number of carbonyl (C=O) groups is 1. The van der Waals surface area contributed by atoms with Crippen molar-refractivity contribution in [3.05, 3.63) is 64.9 Å². The number of pyridine rings is 1. The first kappa shape index (κ1) is 17.0. The molecule has 1 atom stereocenters. The number of benzene rings is 1. The van der Waals surface area contributed by atoms with E-state index in [9.17, 15) is 4.79 Å². The first-order chi connectivity index (χ1) is 12.7. The predicted molar refractivity (Wildman–Crippen MR) is 102 cm³/mol. The number of ether oxygens (including phenoxy) is 1. The average Bonchev–Trinajstić information content (AvgIpc) is 3.34. The van der Waals surface area contributed by atoms with Crippen LogP contribution in [-0.2, 0) is 0 Å². The van der Waals surface area contributed by atoms with E-state index in [0.29, 0.717) is 29.6 Å². The molecule has 1 saturated heterocycles. The van der Waals surface area contributed by atoms with Crippen molar-refractivity contribution in [3.8, 4) is 16.3 Å². The molecule has 1 aliphatic rings. The Kier molecular flexibility index (Phi) is 4.86. The first-order valence-corrected chi connectivity index (χ1v) is 9.53. The van der Waals surface area contributed by atoms with Gasteiger partial charge < -0.3 is 9.64 Å². The minimum absolute atomic E-state index is 0.0599. The standard InChI is InChI=1S/C19H16ClN3O2S/c20-15-10-21-8-6-17(15)25-14-7-9-23(11-14)19(24)16-12-26-18(22-16)13-4-2-1-3-5-13/h1-6,8,10,12,14H,7,9,11H2/t14-/m1/s1. The highest BCUT2D eigenvalue weighted by Gasteiger charge is 2.29. The van der Waals surface area contributed by atoms with E-state index in [2.05, 4.69) is 9.97 Å². The third-order valence-electron chi connectivity index (χ3n) is 4.21. The number of aromatic nitrogens is 2. The molecule has 7 heteroatoms. The van der Waals surface area contributed by atoms with E-state index in [1.54, 1.807) is 23.4 Å². The molecule has 1 aliphatic heterocycles. The van der Waals surface area contributed by atoms with Crippen molar-refractivity contribution in [2.24, 2.45) is 0 Å². The van der Waals surface area contributed by atoms with Crippen molar-refractivity contribution in [2.75, 3.05) is 13.1 Å². The zero-order chi connectivity index (χ0) is 17.9. The minimum Gasteiger partial charge on any atom is -0.487 e. The van der Waals surface area contributed by atoms with E-state index < -0.39 is 0 Å². The summed E-state index contributed by atoms with van der Waals surface area (Å²) in [6.45, 7) is 1.17. The third kappa shape index (κ3) is 3.57. The number of rotatable bonds is 4. The number of amides is 1. The van der Waals surface area contributed by atoms with Crippen molar-refractivity contribution in [3.63, 3.8) is 0 Å². The second-order valence-corrected chi connectivity index (χ2v) is 7.26. The summed E-state index contributed by atoms with van der Waals surface area (Å²) in [7, 11) is 0. The zero-order valence-electron chi connectivity index (χ0n) is 13.8. The van der Waals surface area contributed by atoms with E-state index in [1.165, 1.54) is 11.3 Å². The molecule has 26 heavy (non-hydrogen) atoms. The molecule has 3 aromatic rings. The van der Waals surface area contributed by atoms with Crippen molar-refractivity contribution in [2.45, 2.75) is 12.5 Å². The third-order valence-corrected chi connectivity index (χ3v) is 5.38. The van der Waals surface area contributed by atoms with Gasteiger partial charge in [0.05, 0.1) is 6.54 Å². The Morgan fingerprint density at radius 1 is 1.27 bits per heavy atom. The van der Waals surface area contributed by atoms with E-state index in [1.807, 2.05) is 35.7 Å². The van der Waals surface area contributed by atoms with Gasteiger partial charge in [-0.05, 0) is 0 Å². The first-order valence-electron chi connectivity index (χ1n) is 8.27. The van der Waals surface area contributed by atoms with Crippen LogP contribution in [0.25, 0.3) is 10.6 Å². The second-order valence-electron chi connectivity index (χ2n) is 5.99. The van der Waals surface area contributed by atoms with Gasteiger partial charge >= 0.3 is 0 Å². The van der Waals surface area contributed by atoms with Crippen LogP contribution in [-0.4, -0.2) is 40.0 Å². The lowest BCUT2D eigenvalue weighted by Crippen LogP contribution is -2.31. The number of hydrogen-bond acceptors (Lipinski definition) is 5. The Bertz CT molecular complexity index is 916. The van der Waals surface area contributed by atoms with Gasteiger partial charge in [0, 0.05) is 42.4 Å². The van der Waals surface area contributed by atoms with Gasteiger partial charge in [-0.2, -0.15) is 0 Å². The molecule has 0 radical (unpaired) electrons. The number of nitrogens with zero attached hydrogens (tertiary/aromatic N) is 3. The summed E-state index contributed by atoms with van der Waals surface area (Å²) >= 11 is 7.56. The lowest BCUT2D eigenvalue weighted by atomic mass is 10.2. The number of carbonyl (C=O) groups excluding carboxylic acids is 1. The average molecular weight is 386 g/mol. The highest BCUT2D eigenvalue weighted by Crippen LogP contribution is 2.27. The van der Waals surface area contributed by atoms with Crippen LogP contribution in [0.5, 0.6) is 5.75 Å². The molecule has 132 valence electrons. The summed E-state index contributed by atoms with van der Waals surface area (Å²) in [6.07, 6.45) is 3.88. The number of halogens is 1. The van der Waals surface area contributed by atoms with Gasteiger partial charge in [0.25, 0.3) is 5.91 Å². The Balaban J connectivity index is 1.42. The summed E-state index contributed by atoms with van der Waals surface area (Å²) in [5, 5.41) is 3.15. The number of thiazole rings is 1. The molecule has 0 spiro atoms. The van der Waals surface area contributed by atoms with Crippen LogP contribution >= 0.6 is 22.9 Å². The molecule has 1 amide bonds. The molecule has 0 unspecified atom stereocenters. The molecule has 0 N–H and O–H groups in total. The molecule has 0 saturated carbocycles. The van der Waals surface area contributed by atoms with E-state index in [4.69, 9.17) is 16.3 Å². The predicted octanol–water partition coefficient (Wildman–Crippen LogP) is 4.15. The Labute approximate surface area is 160 Å². The Morgan fingerprint density at radius 3 is 2.92 bits per heavy atom. The van der Waals surface area contributed by atoms with Crippen molar-refractivity contribution in [1.82, 2.24) is 14.9 Å². The normalized spacial score (nSPS) is 16.7. The topological polar surface area (TPSA) is 55.3 Å². The van der Waals surface area contributed by atoms with Crippen LogP contribution in [0.15, 0.2) is 54.2 Å². The van der Waals surface area contributed by atoms with E-state index >= 15 is 0 Å². The maximum absolute atomic E-state index is 12.7. The highest BCUT2D eigenvalue weighted by atomic mass is 35.5. The zero-order valence-corrected chi connectivity index (χ0v) is 15.4. The van der Waals surface area contributed by atoms with Gasteiger partial charge in [-0.3, -0.25) is 9.78 Å². The quantitative estimate of drug-likeness (QED) is 0.677. The molecule has 5 nitrogen and oxygen atoms in total. The smallest absolute Gasteiger partial charge is 0.273 e. The van der Waals surface area contributed by atoms with Gasteiger partial charge in [-0.1, -0.05) is 41.9 Å². The summed E-state index contributed by atoms with van der Waals surface area (Å²) in [5.74, 6) is 0.538. The largest absolute Gasteiger partial charge is 0.487 e. The minimum atomic E-state index is -0.0777. The fraction of sp³-hybridized carbons (Fsp3) is 0.211. The van der Waals surface area contributed by atoms with Crippen molar-refractivity contribution < 1.29 is 9.53 Å². The molecule has 1 aromatic carbocycles. The Hall–Kier alpha value is -2.44. The SMILES string of the molecule is O=C(c1csc(-c2ccccc2)n1)N1CC[C@@H](Oc2ccncc2Cl)C1.